The van der Waals surface area contributed by atoms with Gasteiger partial charge in [0.2, 0.25) is 0 Å². The standard InChI is InChI=1S/C73H142O17P2/c1-7-10-12-14-16-18-20-22-23-24-25-27-33-39-46-52-58-73(78)89-68(61-83-70(75)55-49-43-37-31-29-28-30-36-42-48-54-66(6)9-3)63-87-91(79,80)85-59-67(74)60-86-92(81,82)88-64-69(62-84-71(76)56-50-44-40-34-35-41-47-53-65(4)5)90-72(77)57-51-45-38-32-26-21-19-17-15-13-11-8-2/h65-69,74H,7-64H2,1-6H3,(H,79,80)(H,81,82)/t66?,67-,68-,69-/m1/s1. The Balaban J connectivity index is 5.25. The third-order valence-electron chi connectivity index (χ3n) is 17.3. The van der Waals surface area contributed by atoms with Crippen molar-refractivity contribution < 1.29 is 80.2 Å². The van der Waals surface area contributed by atoms with Crippen LogP contribution in [0.1, 0.15) is 375 Å². The average molecular weight is 1350 g/mol. The number of ether oxygens (including phenoxy) is 4. The van der Waals surface area contributed by atoms with Gasteiger partial charge in [0, 0.05) is 25.7 Å². The van der Waals surface area contributed by atoms with Crippen molar-refractivity contribution in [2.45, 2.75) is 394 Å². The number of carbonyl (C=O) groups is 4. The molecular formula is C73H142O17P2. The number of aliphatic hydroxyl groups excluding tert-OH is 1. The van der Waals surface area contributed by atoms with Crippen molar-refractivity contribution in [2.75, 3.05) is 39.6 Å². The number of aliphatic hydroxyl groups is 1. The van der Waals surface area contributed by atoms with E-state index >= 15 is 0 Å². The van der Waals surface area contributed by atoms with Crippen LogP contribution in [0.2, 0.25) is 0 Å². The molecule has 3 N–H and O–H groups in total. The van der Waals surface area contributed by atoms with E-state index in [1.165, 1.54) is 186 Å². The maximum absolute atomic E-state index is 13.1. The first kappa shape index (κ1) is 90.1. The number of rotatable bonds is 72. The Morgan fingerprint density at radius 3 is 0.826 bits per heavy atom. The number of carbonyl (C=O) groups excluding carboxylic acids is 4. The molecule has 0 aliphatic heterocycles. The van der Waals surface area contributed by atoms with E-state index in [2.05, 4.69) is 41.5 Å². The van der Waals surface area contributed by atoms with Crippen molar-refractivity contribution in [1.29, 1.82) is 0 Å². The maximum atomic E-state index is 13.1. The van der Waals surface area contributed by atoms with E-state index in [4.69, 9.17) is 37.0 Å². The van der Waals surface area contributed by atoms with Crippen LogP contribution in [-0.4, -0.2) is 96.7 Å². The zero-order valence-corrected chi connectivity index (χ0v) is 61.6. The molecule has 3 unspecified atom stereocenters. The average Bonchev–Trinajstić information content (AvgIpc) is 2.07. The molecule has 0 fully saturated rings. The SMILES string of the molecule is CCCCCCCCCCCCCCCCCCC(=O)O[C@H](COC(=O)CCCCCCCCCCCCC(C)CC)COP(=O)(O)OC[C@@H](O)COP(=O)(O)OC[C@@H](COC(=O)CCCCCCCCCC(C)C)OC(=O)CCCCCCCCCCCCCC. The molecular weight excluding hydrogens is 1210 g/mol. The number of esters is 4. The fourth-order valence-electron chi connectivity index (χ4n) is 11.1. The van der Waals surface area contributed by atoms with Crippen molar-refractivity contribution in [2.24, 2.45) is 11.8 Å². The molecule has 0 rings (SSSR count). The van der Waals surface area contributed by atoms with E-state index in [0.717, 1.165) is 102 Å². The Labute approximate surface area is 562 Å². The second kappa shape index (κ2) is 65.0. The molecule has 0 aromatic heterocycles. The highest BCUT2D eigenvalue weighted by atomic mass is 31.2. The molecule has 0 bridgehead atoms. The molecule has 0 saturated carbocycles. The van der Waals surface area contributed by atoms with Gasteiger partial charge in [0.25, 0.3) is 0 Å². The molecule has 6 atom stereocenters. The zero-order chi connectivity index (χ0) is 67.9. The molecule has 0 aliphatic rings. The van der Waals surface area contributed by atoms with Crippen LogP contribution < -0.4 is 0 Å². The minimum absolute atomic E-state index is 0.107. The van der Waals surface area contributed by atoms with Gasteiger partial charge in [-0.05, 0) is 37.5 Å². The van der Waals surface area contributed by atoms with Gasteiger partial charge in [-0.3, -0.25) is 37.3 Å². The summed E-state index contributed by atoms with van der Waals surface area (Å²) in [6.07, 6.45) is 51.2. The fourth-order valence-corrected chi connectivity index (χ4v) is 12.7. The maximum Gasteiger partial charge on any atom is 0.472 e. The second-order valence-electron chi connectivity index (χ2n) is 27.1. The largest absolute Gasteiger partial charge is 0.472 e. The first-order valence-corrected chi connectivity index (χ1v) is 41.0. The van der Waals surface area contributed by atoms with Crippen molar-refractivity contribution in [3.8, 4) is 0 Å². The Morgan fingerprint density at radius 1 is 0.315 bits per heavy atom. The van der Waals surface area contributed by atoms with Gasteiger partial charge in [-0.1, -0.05) is 324 Å². The highest BCUT2D eigenvalue weighted by molar-refractivity contribution is 7.47. The van der Waals surface area contributed by atoms with Crippen molar-refractivity contribution in [3.63, 3.8) is 0 Å². The first-order chi connectivity index (χ1) is 44.4. The molecule has 0 radical (unpaired) electrons. The molecule has 92 heavy (non-hydrogen) atoms. The molecule has 0 heterocycles. The Kier molecular flexibility index (Phi) is 63.7. The van der Waals surface area contributed by atoms with Gasteiger partial charge >= 0.3 is 39.5 Å². The van der Waals surface area contributed by atoms with Gasteiger partial charge < -0.3 is 33.8 Å². The number of hydrogen-bond acceptors (Lipinski definition) is 15. The van der Waals surface area contributed by atoms with Gasteiger partial charge in [0.15, 0.2) is 12.2 Å². The lowest BCUT2D eigenvalue weighted by Crippen LogP contribution is -2.30. The lowest BCUT2D eigenvalue weighted by molar-refractivity contribution is -0.161. The third-order valence-corrected chi connectivity index (χ3v) is 19.2. The smallest absolute Gasteiger partial charge is 0.462 e. The third kappa shape index (κ3) is 65.4. The number of phosphoric acid groups is 2. The number of hydrogen-bond donors (Lipinski definition) is 3. The van der Waals surface area contributed by atoms with E-state index in [1.807, 2.05) is 0 Å². The van der Waals surface area contributed by atoms with E-state index < -0.39 is 97.5 Å². The molecule has 546 valence electrons. The lowest BCUT2D eigenvalue weighted by Gasteiger charge is -2.21. The molecule has 0 saturated heterocycles. The molecule has 0 amide bonds. The quantitative estimate of drug-likeness (QED) is 0.0222. The molecule has 17 nitrogen and oxygen atoms in total. The molecule has 19 heteroatoms. The van der Waals surface area contributed by atoms with Crippen LogP contribution in [0.25, 0.3) is 0 Å². The van der Waals surface area contributed by atoms with Gasteiger partial charge in [0.1, 0.15) is 19.3 Å². The van der Waals surface area contributed by atoms with Gasteiger partial charge in [-0.15, -0.1) is 0 Å². The Morgan fingerprint density at radius 2 is 0.554 bits per heavy atom. The summed E-state index contributed by atoms with van der Waals surface area (Å²) in [5.74, 6) is -0.604. The van der Waals surface area contributed by atoms with Crippen LogP contribution in [0, 0.1) is 11.8 Å². The Hall–Kier alpha value is -1.94. The zero-order valence-electron chi connectivity index (χ0n) is 59.9. The lowest BCUT2D eigenvalue weighted by atomic mass is 9.99. The number of unbranched alkanes of at least 4 members (excludes halogenated alkanes) is 41. The highest BCUT2D eigenvalue weighted by Crippen LogP contribution is 2.45. The summed E-state index contributed by atoms with van der Waals surface area (Å²) >= 11 is 0. The summed E-state index contributed by atoms with van der Waals surface area (Å²) in [4.78, 5) is 72.7. The van der Waals surface area contributed by atoms with Gasteiger partial charge in [-0.25, -0.2) is 9.13 Å². The predicted molar refractivity (Wildman–Crippen MR) is 372 cm³/mol. The molecule has 0 aromatic rings. The monoisotopic (exact) mass is 1350 g/mol. The van der Waals surface area contributed by atoms with Gasteiger partial charge in [0.05, 0.1) is 26.4 Å². The minimum atomic E-state index is -4.95. The predicted octanol–water partition coefficient (Wildman–Crippen LogP) is 21.2. The van der Waals surface area contributed by atoms with Crippen LogP contribution in [0.15, 0.2) is 0 Å². The second-order valence-corrected chi connectivity index (χ2v) is 30.0. The van der Waals surface area contributed by atoms with Crippen LogP contribution in [0.5, 0.6) is 0 Å². The van der Waals surface area contributed by atoms with Crippen LogP contribution in [0.3, 0.4) is 0 Å². The summed E-state index contributed by atoms with van der Waals surface area (Å²) in [5.41, 5.74) is 0. The van der Waals surface area contributed by atoms with Gasteiger partial charge in [-0.2, -0.15) is 0 Å². The fraction of sp³-hybridized carbons (Fsp3) is 0.945. The highest BCUT2D eigenvalue weighted by Gasteiger charge is 2.30. The summed E-state index contributed by atoms with van der Waals surface area (Å²) in [6.45, 7) is 9.55. The topological polar surface area (TPSA) is 237 Å². The van der Waals surface area contributed by atoms with E-state index in [9.17, 15) is 43.2 Å². The van der Waals surface area contributed by atoms with Crippen molar-refractivity contribution in [1.82, 2.24) is 0 Å². The minimum Gasteiger partial charge on any atom is -0.462 e. The van der Waals surface area contributed by atoms with E-state index in [-0.39, 0.29) is 25.7 Å². The molecule has 0 aliphatic carbocycles. The number of phosphoric ester groups is 2. The van der Waals surface area contributed by atoms with E-state index in [1.54, 1.807) is 0 Å². The first-order valence-electron chi connectivity index (χ1n) is 38.0. The molecule has 0 aromatic carbocycles. The van der Waals surface area contributed by atoms with Crippen molar-refractivity contribution in [3.05, 3.63) is 0 Å². The summed E-state index contributed by atoms with van der Waals surface area (Å²) < 4.78 is 68.4. The summed E-state index contributed by atoms with van der Waals surface area (Å²) in [6, 6.07) is 0. The summed E-state index contributed by atoms with van der Waals surface area (Å²) in [7, 11) is -9.91. The van der Waals surface area contributed by atoms with Crippen LogP contribution >= 0.6 is 15.6 Å². The normalized spacial score (nSPS) is 14.4. The van der Waals surface area contributed by atoms with Crippen LogP contribution in [0.4, 0.5) is 0 Å². The van der Waals surface area contributed by atoms with Crippen LogP contribution in [-0.2, 0) is 65.4 Å². The summed E-state index contributed by atoms with van der Waals surface area (Å²) in [5, 5.41) is 10.6. The van der Waals surface area contributed by atoms with Crippen molar-refractivity contribution >= 4 is 39.5 Å². The van der Waals surface area contributed by atoms with E-state index in [0.29, 0.717) is 31.6 Å². The Bertz CT molecular complexity index is 1790. The molecule has 0 spiro atoms.